The Morgan fingerprint density at radius 3 is 2.14 bits per heavy atom. The molecule has 1 amide bonds. The van der Waals surface area contributed by atoms with Crippen molar-refractivity contribution < 1.29 is 4.79 Å². The van der Waals surface area contributed by atoms with Crippen LogP contribution in [0.5, 0.6) is 0 Å². The molecular weight excluding hydrogens is 284 g/mol. The lowest BCUT2D eigenvalue weighted by Crippen LogP contribution is -2.61. The summed E-state index contributed by atoms with van der Waals surface area (Å²) in [4.78, 5) is 13.2. The molecule has 6 heteroatoms. The molecule has 0 radical (unpaired) electrons. The second-order valence-corrected chi connectivity index (χ2v) is 6.85. The van der Waals surface area contributed by atoms with Gasteiger partial charge in [0.25, 0.3) is 0 Å². The van der Waals surface area contributed by atoms with Crippen molar-refractivity contribution in [3.63, 3.8) is 0 Å². The number of hydrogen-bond acceptors (Lipinski definition) is 5. The smallest absolute Gasteiger partial charge is 0.237 e. The first-order valence-electron chi connectivity index (χ1n) is 7.55. The number of nitrogens with one attached hydrogen (secondary N) is 3. The summed E-state index contributed by atoms with van der Waals surface area (Å²) < 4.78 is 0. The second kappa shape index (κ2) is 8.78. The predicted octanol–water partition coefficient (Wildman–Crippen LogP) is 0.966. The zero-order valence-electron chi connectivity index (χ0n) is 14.3. The maximum Gasteiger partial charge on any atom is 0.237 e. The van der Waals surface area contributed by atoms with Crippen LogP contribution in [0.4, 0.5) is 0 Å². The normalized spacial score (nSPS) is 13.9. The van der Waals surface area contributed by atoms with Crippen LogP contribution >= 0.6 is 12.2 Å². The lowest BCUT2D eigenvalue weighted by atomic mass is 9.86. The number of carbonyl (C=O) groups excluding carboxylic acids is 1. The van der Waals surface area contributed by atoms with E-state index in [1.165, 1.54) is 0 Å². The topological polar surface area (TPSA) is 79.2 Å². The molecule has 5 N–H and O–H groups in total. The Morgan fingerprint density at radius 2 is 1.71 bits per heavy atom. The summed E-state index contributed by atoms with van der Waals surface area (Å²) in [5, 5.41) is 9.31. The van der Waals surface area contributed by atoms with E-state index >= 15 is 0 Å². The Hall–Kier alpha value is -0.560. The van der Waals surface area contributed by atoms with Gasteiger partial charge in [-0.3, -0.25) is 4.79 Å². The second-order valence-electron chi connectivity index (χ2n) is 6.44. The van der Waals surface area contributed by atoms with E-state index in [9.17, 15) is 4.79 Å². The average molecular weight is 317 g/mol. The molecule has 124 valence electrons. The molecular formula is C15H32N4OS. The molecule has 0 heterocycles. The zero-order chi connectivity index (χ0) is 16.7. The molecule has 0 spiro atoms. The third kappa shape index (κ3) is 6.38. The number of likely N-dealkylation sites (N-methyl/N-ethyl adjacent to an activating group) is 1. The minimum atomic E-state index is -0.554. The van der Waals surface area contributed by atoms with Gasteiger partial charge in [0.2, 0.25) is 5.91 Å². The van der Waals surface area contributed by atoms with Crippen molar-refractivity contribution in [1.29, 1.82) is 0 Å². The summed E-state index contributed by atoms with van der Waals surface area (Å²) in [6.07, 6.45) is 2.64. The van der Waals surface area contributed by atoms with E-state index in [2.05, 4.69) is 16.0 Å². The van der Waals surface area contributed by atoms with E-state index in [-0.39, 0.29) is 17.5 Å². The van der Waals surface area contributed by atoms with Gasteiger partial charge in [0.05, 0.1) is 11.6 Å². The Labute approximate surface area is 134 Å². The van der Waals surface area contributed by atoms with E-state index in [1.54, 1.807) is 7.05 Å². The van der Waals surface area contributed by atoms with Crippen LogP contribution < -0.4 is 21.7 Å². The van der Waals surface area contributed by atoms with Gasteiger partial charge in [-0.25, -0.2) is 0 Å². The summed E-state index contributed by atoms with van der Waals surface area (Å²) in [5.74, 6) is -0.0197. The number of hydrogen-bond donors (Lipinski definition) is 4. The van der Waals surface area contributed by atoms with Crippen LogP contribution in [0.1, 0.15) is 47.0 Å². The van der Waals surface area contributed by atoms with E-state index in [4.69, 9.17) is 18.0 Å². The SMILES string of the molecule is CN[C@@H](CCCCN)C(=O)NC(C)(C)C(=S)C(C)(C)NC. The van der Waals surface area contributed by atoms with Gasteiger partial charge in [-0.1, -0.05) is 18.6 Å². The molecule has 0 aromatic carbocycles. The first kappa shape index (κ1) is 20.4. The molecule has 0 aromatic rings. The van der Waals surface area contributed by atoms with Gasteiger partial charge in [0.1, 0.15) is 0 Å². The standard InChI is InChI=1S/C15H32N4OS/c1-14(2,18-6)13(21)15(3,4)19-12(20)11(17-5)9-7-8-10-16/h11,17-18H,7-10,16H2,1-6H3,(H,19,20)/t11-/m0/s1. The number of thiocarbonyl (C=S) groups is 1. The Balaban J connectivity index is 4.75. The van der Waals surface area contributed by atoms with E-state index < -0.39 is 5.54 Å². The molecule has 0 saturated heterocycles. The van der Waals surface area contributed by atoms with Gasteiger partial charge in [-0.05, 0) is 61.2 Å². The lowest BCUT2D eigenvalue weighted by molar-refractivity contribution is -0.124. The molecule has 0 unspecified atom stereocenters. The zero-order valence-corrected chi connectivity index (χ0v) is 15.1. The lowest BCUT2D eigenvalue weighted by Gasteiger charge is -2.37. The average Bonchev–Trinajstić information content (AvgIpc) is 2.42. The number of rotatable bonds is 10. The van der Waals surface area contributed by atoms with Crippen LogP contribution in [0.3, 0.4) is 0 Å². The highest BCUT2D eigenvalue weighted by Crippen LogP contribution is 2.18. The minimum absolute atomic E-state index is 0.0197. The van der Waals surface area contributed by atoms with Crippen LogP contribution in [0, 0.1) is 0 Å². The van der Waals surface area contributed by atoms with Crippen molar-refractivity contribution in [2.45, 2.75) is 64.1 Å². The van der Waals surface area contributed by atoms with Crippen molar-refractivity contribution >= 4 is 23.0 Å². The van der Waals surface area contributed by atoms with Crippen molar-refractivity contribution in [3.8, 4) is 0 Å². The monoisotopic (exact) mass is 316 g/mol. The van der Waals surface area contributed by atoms with Gasteiger partial charge >= 0.3 is 0 Å². The van der Waals surface area contributed by atoms with E-state index in [0.717, 1.165) is 24.1 Å². The van der Waals surface area contributed by atoms with E-state index in [1.807, 2.05) is 34.7 Å². The molecule has 0 aliphatic carbocycles. The molecule has 0 rings (SSSR count). The van der Waals surface area contributed by atoms with Gasteiger partial charge in [0, 0.05) is 10.4 Å². The molecule has 0 aliphatic rings. The number of carbonyl (C=O) groups is 1. The van der Waals surface area contributed by atoms with Gasteiger partial charge in [-0.15, -0.1) is 0 Å². The summed E-state index contributed by atoms with van der Waals surface area (Å²) in [6, 6.07) is -0.212. The van der Waals surface area contributed by atoms with Crippen LogP contribution in [-0.2, 0) is 4.79 Å². The van der Waals surface area contributed by atoms with Crippen molar-refractivity contribution in [2.24, 2.45) is 5.73 Å². The van der Waals surface area contributed by atoms with Crippen LogP contribution in [0.15, 0.2) is 0 Å². The highest BCUT2D eigenvalue weighted by Gasteiger charge is 2.36. The quantitative estimate of drug-likeness (QED) is 0.357. The fourth-order valence-electron chi connectivity index (χ4n) is 2.25. The fourth-order valence-corrected chi connectivity index (χ4v) is 2.40. The highest BCUT2D eigenvalue weighted by atomic mass is 32.1. The Kier molecular flexibility index (Phi) is 8.54. The largest absolute Gasteiger partial charge is 0.345 e. The molecule has 0 saturated carbocycles. The van der Waals surface area contributed by atoms with Gasteiger partial charge < -0.3 is 21.7 Å². The van der Waals surface area contributed by atoms with Gasteiger partial charge in [-0.2, -0.15) is 0 Å². The number of unbranched alkanes of at least 4 members (excludes halogenated alkanes) is 1. The third-order valence-electron chi connectivity index (χ3n) is 3.81. The Morgan fingerprint density at radius 1 is 1.14 bits per heavy atom. The van der Waals surface area contributed by atoms with Crippen LogP contribution in [0.2, 0.25) is 0 Å². The molecule has 0 fully saturated rings. The van der Waals surface area contributed by atoms with E-state index in [0.29, 0.717) is 6.54 Å². The fraction of sp³-hybridized carbons (Fsp3) is 0.867. The maximum absolute atomic E-state index is 12.4. The van der Waals surface area contributed by atoms with Crippen molar-refractivity contribution in [2.75, 3.05) is 20.6 Å². The molecule has 0 bridgehead atoms. The van der Waals surface area contributed by atoms with Crippen LogP contribution in [0.25, 0.3) is 0 Å². The summed E-state index contributed by atoms with van der Waals surface area (Å²) in [5.41, 5.74) is 4.62. The number of nitrogens with two attached hydrogens (primary N) is 1. The predicted molar refractivity (Wildman–Crippen MR) is 93.7 cm³/mol. The molecule has 21 heavy (non-hydrogen) atoms. The third-order valence-corrected chi connectivity index (χ3v) is 4.83. The van der Waals surface area contributed by atoms with Crippen LogP contribution in [-0.4, -0.2) is 48.5 Å². The van der Waals surface area contributed by atoms with Gasteiger partial charge in [0.15, 0.2) is 0 Å². The minimum Gasteiger partial charge on any atom is -0.345 e. The summed E-state index contributed by atoms with van der Waals surface area (Å²) in [7, 11) is 3.67. The highest BCUT2D eigenvalue weighted by molar-refractivity contribution is 7.80. The summed E-state index contributed by atoms with van der Waals surface area (Å²) in [6.45, 7) is 8.57. The number of amides is 1. The van der Waals surface area contributed by atoms with Crippen molar-refractivity contribution in [1.82, 2.24) is 16.0 Å². The maximum atomic E-state index is 12.4. The molecule has 0 aliphatic heterocycles. The Bertz CT molecular complexity index is 356. The molecule has 5 nitrogen and oxygen atoms in total. The molecule has 1 atom stereocenters. The first-order chi connectivity index (χ1) is 9.62. The first-order valence-corrected chi connectivity index (χ1v) is 7.96. The summed E-state index contributed by atoms with van der Waals surface area (Å²) >= 11 is 5.56. The molecule has 0 aromatic heterocycles. The van der Waals surface area contributed by atoms with Crippen molar-refractivity contribution in [3.05, 3.63) is 0 Å².